The van der Waals surface area contributed by atoms with E-state index in [0.29, 0.717) is 11.1 Å². The van der Waals surface area contributed by atoms with E-state index in [4.69, 9.17) is 32.8 Å². The molecule has 0 saturated carbocycles. The summed E-state index contributed by atoms with van der Waals surface area (Å²) in [6.45, 7) is 2.43. The summed E-state index contributed by atoms with van der Waals surface area (Å²) in [5, 5.41) is 93.4. The van der Waals surface area contributed by atoms with E-state index < -0.39 is 96.3 Å². The van der Waals surface area contributed by atoms with Crippen LogP contribution in [0.25, 0.3) is 28.4 Å². The molecule has 300 valence electrons. The van der Waals surface area contributed by atoms with Crippen LogP contribution < -0.4 is 19.6 Å². The number of ether oxygens (including phenoxy) is 6. The SMILES string of the molecule is COc1cc(/C=C/C(=O)OCC2O[C@@H](Oc3c(-c4ccc(O)cc4)oc4cc(O[C@@H]5OC(C)[C@H](O)[C@H](O)C5O)cc(O)c4c3=O)C(O)[C@@H](O)[C@@H]2O)cc(C)c1O. The van der Waals surface area contributed by atoms with Crippen LogP contribution in [0.2, 0.25) is 0 Å². The highest BCUT2D eigenvalue weighted by molar-refractivity contribution is 5.88. The van der Waals surface area contributed by atoms with Crippen LogP contribution in [0.1, 0.15) is 18.1 Å². The third-order valence-corrected chi connectivity index (χ3v) is 9.31. The zero-order chi connectivity index (χ0) is 40.6. The second kappa shape index (κ2) is 16.3. The molecule has 10 atom stereocenters. The third kappa shape index (κ3) is 8.08. The number of hydrogen-bond acceptors (Lipinski definition) is 18. The fraction of sp³-hybridized carbons (Fsp3) is 0.368. The summed E-state index contributed by atoms with van der Waals surface area (Å²) in [4.78, 5) is 26.7. The van der Waals surface area contributed by atoms with Gasteiger partial charge in [0.25, 0.3) is 0 Å². The van der Waals surface area contributed by atoms with Crippen molar-refractivity contribution in [3.8, 4) is 45.8 Å². The van der Waals surface area contributed by atoms with E-state index >= 15 is 0 Å². The van der Waals surface area contributed by atoms with Gasteiger partial charge in [0.1, 0.15) is 77.6 Å². The molecule has 1 aromatic heterocycles. The van der Waals surface area contributed by atoms with Crippen molar-refractivity contribution in [3.05, 3.63) is 76.0 Å². The molecule has 56 heavy (non-hydrogen) atoms. The highest BCUT2D eigenvalue weighted by atomic mass is 16.7. The third-order valence-electron chi connectivity index (χ3n) is 9.31. The largest absolute Gasteiger partial charge is 0.508 e. The number of carbonyl (C=O) groups excluding carboxylic acids is 1. The number of benzene rings is 3. The molecule has 2 saturated heterocycles. The summed E-state index contributed by atoms with van der Waals surface area (Å²) in [7, 11) is 1.37. The Morgan fingerprint density at radius 3 is 2.16 bits per heavy atom. The molecule has 4 aromatic rings. The number of phenols is 3. The van der Waals surface area contributed by atoms with E-state index in [1.807, 2.05) is 0 Å². The van der Waals surface area contributed by atoms with Crippen molar-refractivity contribution in [3.63, 3.8) is 0 Å². The van der Waals surface area contributed by atoms with Crippen LogP contribution in [-0.2, 0) is 19.0 Å². The van der Waals surface area contributed by atoms with Crippen LogP contribution in [0.15, 0.2) is 63.8 Å². The number of carbonyl (C=O) groups is 1. The zero-order valence-corrected chi connectivity index (χ0v) is 30.0. The van der Waals surface area contributed by atoms with Gasteiger partial charge >= 0.3 is 5.97 Å². The summed E-state index contributed by atoms with van der Waals surface area (Å²) in [5.41, 5.74) is -0.162. The monoisotopic (exact) mass is 784 g/mol. The molecule has 0 aliphatic carbocycles. The van der Waals surface area contributed by atoms with Gasteiger partial charge in [0.05, 0.1) is 13.2 Å². The van der Waals surface area contributed by atoms with Crippen LogP contribution in [0.3, 0.4) is 0 Å². The maximum Gasteiger partial charge on any atom is 0.330 e. The molecule has 3 heterocycles. The van der Waals surface area contributed by atoms with E-state index in [9.17, 15) is 55.5 Å². The summed E-state index contributed by atoms with van der Waals surface area (Å²) >= 11 is 0. The number of phenolic OH excluding ortho intramolecular Hbond substituents is 3. The van der Waals surface area contributed by atoms with Crippen LogP contribution in [0, 0.1) is 6.92 Å². The maximum absolute atomic E-state index is 14.1. The topological polar surface area (TPSA) is 285 Å². The van der Waals surface area contributed by atoms with Crippen molar-refractivity contribution in [1.82, 2.24) is 0 Å². The smallest absolute Gasteiger partial charge is 0.330 e. The molecule has 18 nitrogen and oxygen atoms in total. The molecule has 2 aliphatic rings. The van der Waals surface area contributed by atoms with Crippen LogP contribution in [0.5, 0.6) is 34.5 Å². The lowest BCUT2D eigenvalue weighted by atomic mass is 9.99. The number of aryl methyl sites for hydroxylation is 1. The van der Waals surface area contributed by atoms with E-state index in [2.05, 4.69) is 0 Å². The Bertz CT molecular complexity index is 2150. The van der Waals surface area contributed by atoms with Gasteiger partial charge < -0.3 is 78.8 Å². The fourth-order valence-corrected chi connectivity index (χ4v) is 6.15. The number of aromatic hydroxyl groups is 3. The van der Waals surface area contributed by atoms with Crippen LogP contribution in [0.4, 0.5) is 0 Å². The van der Waals surface area contributed by atoms with E-state index in [1.165, 1.54) is 56.5 Å². The Morgan fingerprint density at radius 1 is 0.821 bits per heavy atom. The molecule has 0 amide bonds. The van der Waals surface area contributed by atoms with Crippen LogP contribution >= 0.6 is 0 Å². The minimum Gasteiger partial charge on any atom is -0.508 e. The first kappa shape index (κ1) is 40.2. The number of hydrogen-bond donors (Lipinski definition) is 9. The normalized spacial score (nSPS) is 27.9. The fourth-order valence-electron chi connectivity index (χ4n) is 6.15. The second-order valence-corrected chi connectivity index (χ2v) is 13.2. The average Bonchev–Trinajstić information content (AvgIpc) is 3.17. The molecule has 0 spiro atoms. The number of aliphatic hydroxyl groups is 6. The predicted octanol–water partition coefficient (Wildman–Crippen LogP) is 0.543. The lowest BCUT2D eigenvalue weighted by molar-refractivity contribution is -0.278. The van der Waals surface area contributed by atoms with Crippen molar-refractivity contribution in [2.75, 3.05) is 13.7 Å². The number of fused-ring (bicyclic) bond motifs is 1. The van der Waals surface area contributed by atoms with Crippen molar-refractivity contribution in [2.45, 2.75) is 75.3 Å². The Morgan fingerprint density at radius 2 is 1.48 bits per heavy atom. The van der Waals surface area contributed by atoms with Crippen LogP contribution in [-0.4, -0.2) is 127 Å². The molecule has 3 aromatic carbocycles. The number of methoxy groups -OCH3 is 1. The van der Waals surface area contributed by atoms with Crippen molar-refractivity contribution >= 4 is 23.0 Å². The van der Waals surface area contributed by atoms with Gasteiger partial charge in [-0.3, -0.25) is 4.79 Å². The number of rotatable bonds is 10. The van der Waals surface area contributed by atoms with Gasteiger partial charge in [-0.2, -0.15) is 0 Å². The summed E-state index contributed by atoms with van der Waals surface area (Å²) < 4.78 is 39.0. The van der Waals surface area contributed by atoms with Crippen molar-refractivity contribution in [2.24, 2.45) is 0 Å². The van der Waals surface area contributed by atoms with Gasteiger partial charge in [-0.25, -0.2) is 4.79 Å². The maximum atomic E-state index is 14.1. The summed E-state index contributed by atoms with van der Waals surface area (Å²) in [6.07, 6.45) is -13.8. The molecular weight excluding hydrogens is 744 g/mol. The van der Waals surface area contributed by atoms with Gasteiger partial charge in [0.2, 0.25) is 23.8 Å². The summed E-state index contributed by atoms with van der Waals surface area (Å²) in [5.74, 6) is -2.76. The van der Waals surface area contributed by atoms with Crippen molar-refractivity contribution in [1.29, 1.82) is 0 Å². The molecule has 6 rings (SSSR count). The minimum absolute atomic E-state index is 0.0629. The molecule has 2 aliphatic heterocycles. The molecular formula is C38H40O18. The van der Waals surface area contributed by atoms with E-state index in [1.54, 1.807) is 13.0 Å². The lowest BCUT2D eigenvalue weighted by Gasteiger charge is -2.39. The zero-order valence-electron chi connectivity index (χ0n) is 30.0. The van der Waals surface area contributed by atoms with Gasteiger partial charge in [0, 0.05) is 23.8 Å². The first-order valence-electron chi connectivity index (χ1n) is 17.2. The van der Waals surface area contributed by atoms with Gasteiger partial charge in [-0.15, -0.1) is 0 Å². The quantitative estimate of drug-likeness (QED) is 0.0784. The highest BCUT2D eigenvalue weighted by Gasteiger charge is 2.46. The number of aliphatic hydroxyl groups excluding tert-OH is 6. The molecule has 18 heteroatoms. The second-order valence-electron chi connectivity index (χ2n) is 13.2. The highest BCUT2D eigenvalue weighted by Crippen LogP contribution is 2.39. The Kier molecular flexibility index (Phi) is 11.7. The average molecular weight is 785 g/mol. The first-order valence-corrected chi connectivity index (χ1v) is 17.2. The molecule has 0 radical (unpaired) electrons. The van der Waals surface area contributed by atoms with Gasteiger partial charge in [0.15, 0.2) is 17.3 Å². The van der Waals surface area contributed by atoms with E-state index in [-0.39, 0.29) is 39.9 Å². The minimum atomic E-state index is -1.98. The lowest BCUT2D eigenvalue weighted by Crippen LogP contribution is -2.60. The van der Waals surface area contributed by atoms with Crippen molar-refractivity contribution < 1.29 is 83.6 Å². The van der Waals surface area contributed by atoms with Gasteiger partial charge in [-0.1, -0.05) is 0 Å². The molecule has 9 N–H and O–H groups in total. The molecule has 4 unspecified atom stereocenters. The number of esters is 1. The van der Waals surface area contributed by atoms with Gasteiger partial charge in [-0.05, 0) is 67.4 Å². The molecule has 2 fully saturated rings. The Labute approximate surface area is 317 Å². The molecule has 0 bridgehead atoms. The van der Waals surface area contributed by atoms with E-state index in [0.717, 1.165) is 12.1 Å². The predicted molar refractivity (Wildman–Crippen MR) is 191 cm³/mol. The standard InChI is InChI=1S/C38H40O18/c1-15-10-17(11-23(50-3)27(15)42)4-9-25(41)51-14-24-29(44)32(47)34(49)38(55-24)56-36-30(45)26-21(40)12-20(53-37-33(48)31(46)28(43)16(2)52-37)13-22(26)54-35(36)18-5-7-19(39)8-6-18/h4-13,16,24,28-29,31-34,37-40,42-44,46-49H,14H2,1-3H3/b9-4+/t16?,24?,28-,29+,31-,32-,33?,34?,37-,38-/m0/s1. The summed E-state index contributed by atoms with van der Waals surface area (Å²) in [6, 6.07) is 10.5. The Hall–Kier alpha value is -5.44. The first-order chi connectivity index (χ1) is 26.6. The Balaban J connectivity index is 1.27.